The SMILES string of the molecule is COc1ccc(CN/C(=C/C(=N)Cl)c2ncc(C)[nH]2)c(OC)c1. The topological polar surface area (TPSA) is 83.0 Å². The first kappa shape index (κ1) is 16.9. The van der Waals surface area contributed by atoms with Crippen molar-refractivity contribution in [2.45, 2.75) is 13.5 Å². The molecule has 6 nitrogen and oxygen atoms in total. The Bertz CT molecular complexity index is 725. The van der Waals surface area contributed by atoms with Crippen molar-refractivity contribution in [1.29, 1.82) is 5.41 Å². The van der Waals surface area contributed by atoms with E-state index in [9.17, 15) is 0 Å². The van der Waals surface area contributed by atoms with Crippen molar-refractivity contribution >= 4 is 22.5 Å². The predicted octanol–water partition coefficient (Wildman–Crippen LogP) is 3.08. The molecule has 0 amide bonds. The number of halogens is 1. The highest BCUT2D eigenvalue weighted by atomic mass is 35.5. The molecule has 1 aromatic heterocycles. The molecule has 0 saturated heterocycles. The zero-order valence-corrected chi connectivity index (χ0v) is 14.0. The Balaban J connectivity index is 2.20. The highest BCUT2D eigenvalue weighted by molar-refractivity contribution is 6.67. The second-order valence-electron chi connectivity index (χ2n) is 4.85. The molecule has 0 unspecified atom stereocenters. The summed E-state index contributed by atoms with van der Waals surface area (Å²) in [5.41, 5.74) is 2.51. The lowest BCUT2D eigenvalue weighted by Gasteiger charge is -2.13. The van der Waals surface area contributed by atoms with Gasteiger partial charge in [-0.3, -0.25) is 5.41 Å². The molecular weight excluding hydrogens is 316 g/mol. The highest BCUT2D eigenvalue weighted by Gasteiger charge is 2.09. The van der Waals surface area contributed by atoms with Gasteiger partial charge in [-0.05, 0) is 19.1 Å². The zero-order chi connectivity index (χ0) is 16.8. The lowest BCUT2D eigenvalue weighted by Crippen LogP contribution is -2.14. The van der Waals surface area contributed by atoms with Crippen molar-refractivity contribution in [3.05, 3.63) is 47.6 Å². The van der Waals surface area contributed by atoms with Crippen molar-refractivity contribution in [3.63, 3.8) is 0 Å². The van der Waals surface area contributed by atoms with Gasteiger partial charge in [0.15, 0.2) is 5.82 Å². The maximum absolute atomic E-state index is 7.46. The second kappa shape index (κ2) is 7.69. The predicted molar refractivity (Wildman–Crippen MR) is 91.3 cm³/mol. The summed E-state index contributed by atoms with van der Waals surface area (Å²) in [4.78, 5) is 7.37. The van der Waals surface area contributed by atoms with Gasteiger partial charge in [-0.15, -0.1) is 0 Å². The first-order valence-corrected chi connectivity index (χ1v) is 7.33. The van der Waals surface area contributed by atoms with Crippen molar-refractivity contribution < 1.29 is 9.47 Å². The smallest absolute Gasteiger partial charge is 0.153 e. The molecule has 0 aliphatic heterocycles. The van der Waals surface area contributed by atoms with Crippen LogP contribution in [0, 0.1) is 12.3 Å². The number of aromatic nitrogens is 2. The fourth-order valence-corrected chi connectivity index (χ4v) is 2.18. The first-order valence-electron chi connectivity index (χ1n) is 6.96. The molecule has 0 saturated carbocycles. The lowest BCUT2D eigenvalue weighted by molar-refractivity contribution is 0.390. The quantitative estimate of drug-likeness (QED) is 0.679. The summed E-state index contributed by atoms with van der Waals surface area (Å²) in [5.74, 6) is 2.07. The molecular formula is C16H19ClN4O2. The van der Waals surface area contributed by atoms with E-state index in [0.29, 0.717) is 23.8 Å². The summed E-state index contributed by atoms with van der Waals surface area (Å²) in [6.07, 6.45) is 3.23. The Morgan fingerprint density at radius 2 is 2.17 bits per heavy atom. The van der Waals surface area contributed by atoms with E-state index in [-0.39, 0.29) is 5.17 Å². The minimum atomic E-state index is -0.0803. The van der Waals surface area contributed by atoms with Crippen molar-refractivity contribution in [2.24, 2.45) is 0 Å². The van der Waals surface area contributed by atoms with Crippen LogP contribution in [0.1, 0.15) is 17.1 Å². The van der Waals surface area contributed by atoms with Crippen LogP contribution < -0.4 is 14.8 Å². The monoisotopic (exact) mass is 334 g/mol. The number of imidazole rings is 1. The van der Waals surface area contributed by atoms with Gasteiger partial charge in [0.05, 0.1) is 19.9 Å². The normalized spacial score (nSPS) is 11.2. The Morgan fingerprint density at radius 1 is 1.39 bits per heavy atom. The number of hydrogen-bond donors (Lipinski definition) is 3. The third kappa shape index (κ3) is 4.50. The Hall–Kier alpha value is -2.47. The van der Waals surface area contributed by atoms with Crippen LogP contribution >= 0.6 is 11.6 Å². The van der Waals surface area contributed by atoms with E-state index in [4.69, 9.17) is 26.5 Å². The molecule has 0 spiro atoms. The fourth-order valence-electron chi connectivity index (χ4n) is 2.07. The average molecular weight is 335 g/mol. The molecule has 0 aliphatic rings. The van der Waals surface area contributed by atoms with Gasteiger partial charge in [-0.2, -0.15) is 0 Å². The molecule has 122 valence electrons. The van der Waals surface area contributed by atoms with Crippen molar-refractivity contribution in [2.75, 3.05) is 14.2 Å². The number of aryl methyl sites for hydroxylation is 1. The van der Waals surface area contributed by atoms with Gasteiger partial charge in [0, 0.05) is 36.1 Å². The number of aromatic amines is 1. The number of hydrogen-bond acceptors (Lipinski definition) is 5. The van der Waals surface area contributed by atoms with Crippen molar-refractivity contribution in [3.8, 4) is 11.5 Å². The maximum atomic E-state index is 7.46. The van der Waals surface area contributed by atoms with Crippen LogP contribution in [0.15, 0.2) is 30.5 Å². The van der Waals surface area contributed by atoms with Gasteiger partial charge in [0.25, 0.3) is 0 Å². The van der Waals surface area contributed by atoms with Crippen LogP contribution in [-0.2, 0) is 6.54 Å². The van der Waals surface area contributed by atoms with E-state index in [2.05, 4.69) is 15.3 Å². The van der Waals surface area contributed by atoms with E-state index in [1.807, 2.05) is 25.1 Å². The molecule has 7 heteroatoms. The second-order valence-corrected chi connectivity index (χ2v) is 5.26. The third-order valence-corrected chi connectivity index (χ3v) is 3.30. The largest absolute Gasteiger partial charge is 0.497 e. The molecule has 0 atom stereocenters. The van der Waals surface area contributed by atoms with Gasteiger partial charge in [-0.25, -0.2) is 4.98 Å². The van der Waals surface area contributed by atoms with Crippen molar-refractivity contribution in [1.82, 2.24) is 15.3 Å². The van der Waals surface area contributed by atoms with Gasteiger partial charge < -0.3 is 19.8 Å². The molecule has 23 heavy (non-hydrogen) atoms. The van der Waals surface area contributed by atoms with Gasteiger partial charge >= 0.3 is 0 Å². The zero-order valence-electron chi connectivity index (χ0n) is 13.2. The molecule has 2 aromatic rings. The molecule has 0 fully saturated rings. The van der Waals surface area contributed by atoms with Gasteiger partial charge in [0.2, 0.25) is 0 Å². The molecule has 2 rings (SSSR count). The molecule has 0 radical (unpaired) electrons. The number of benzene rings is 1. The molecule has 0 bridgehead atoms. The van der Waals surface area contributed by atoms with Gasteiger partial charge in [0.1, 0.15) is 16.7 Å². The molecule has 0 aliphatic carbocycles. The number of nitrogens with zero attached hydrogens (tertiary/aromatic N) is 1. The van der Waals surface area contributed by atoms with Crippen LogP contribution in [0.4, 0.5) is 0 Å². The van der Waals surface area contributed by atoms with Crippen LogP contribution in [0.25, 0.3) is 5.70 Å². The van der Waals surface area contributed by atoms with E-state index >= 15 is 0 Å². The van der Waals surface area contributed by atoms with E-state index in [1.54, 1.807) is 20.4 Å². The number of rotatable bonds is 7. The number of nitrogens with one attached hydrogen (secondary N) is 3. The van der Waals surface area contributed by atoms with Crippen LogP contribution in [0.5, 0.6) is 11.5 Å². The van der Waals surface area contributed by atoms with Crippen LogP contribution in [0.3, 0.4) is 0 Å². The summed E-state index contributed by atoms with van der Waals surface area (Å²) >= 11 is 5.69. The minimum absolute atomic E-state index is 0.0803. The number of allylic oxidation sites excluding steroid dienone is 1. The molecule has 3 N–H and O–H groups in total. The van der Waals surface area contributed by atoms with Gasteiger partial charge in [-0.1, -0.05) is 11.6 Å². The molecule has 1 heterocycles. The first-order chi connectivity index (χ1) is 11.0. The Morgan fingerprint density at radius 3 is 2.74 bits per heavy atom. The fraction of sp³-hybridized carbons (Fsp3) is 0.250. The summed E-state index contributed by atoms with van der Waals surface area (Å²) in [6, 6.07) is 5.60. The average Bonchev–Trinajstić information content (AvgIpc) is 2.97. The standard InChI is InChI=1S/C16H19ClN4O2/c1-10-8-20-16(21-10)13(7-15(17)18)19-9-11-4-5-12(22-2)6-14(11)23-3/h4-8,18-19H,9H2,1-3H3,(H,20,21)/b13-7+,18-15?. The summed E-state index contributed by atoms with van der Waals surface area (Å²) in [6.45, 7) is 2.40. The summed E-state index contributed by atoms with van der Waals surface area (Å²) in [5, 5.41) is 10.6. The number of ether oxygens (including phenoxy) is 2. The minimum Gasteiger partial charge on any atom is -0.497 e. The van der Waals surface area contributed by atoms with E-state index in [1.165, 1.54) is 6.08 Å². The van der Waals surface area contributed by atoms with E-state index < -0.39 is 0 Å². The Labute approximate surface area is 140 Å². The number of H-pyrrole nitrogens is 1. The Kier molecular flexibility index (Phi) is 5.65. The van der Waals surface area contributed by atoms with Crippen LogP contribution in [0.2, 0.25) is 0 Å². The third-order valence-electron chi connectivity index (χ3n) is 3.19. The summed E-state index contributed by atoms with van der Waals surface area (Å²) < 4.78 is 10.6. The molecule has 1 aromatic carbocycles. The summed E-state index contributed by atoms with van der Waals surface area (Å²) in [7, 11) is 3.22. The van der Waals surface area contributed by atoms with Crippen LogP contribution in [-0.4, -0.2) is 29.4 Å². The number of methoxy groups -OCH3 is 2. The lowest BCUT2D eigenvalue weighted by atomic mass is 10.2. The highest BCUT2D eigenvalue weighted by Crippen LogP contribution is 2.25. The maximum Gasteiger partial charge on any atom is 0.153 e. The van der Waals surface area contributed by atoms with E-state index in [0.717, 1.165) is 17.0 Å².